The number of rotatable bonds is 5. The highest BCUT2D eigenvalue weighted by Gasteiger charge is 2.38. The van der Waals surface area contributed by atoms with Crippen molar-refractivity contribution in [2.45, 2.75) is 63.8 Å². The summed E-state index contributed by atoms with van der Waals surface area (Å²) in [6.45, 7) is 3.82. The van der Waals surface area contributed by atoms with Crippen LogP contribution in [0.5, 0.6) is 0 Å². The lowest BCUT2D eigenvalue weighted by molar-refractivity contribution is -0.131. The Balaban J connectivity index is 2.50. The van der Waals surface area contributed by atoms with Gasteiger partial charge < -0.3 is 10.4 Å². The van der Waals surface area contributed by atoms with E-state index < -0.39 is 11.5 Å². The number of carbonyl (C=O) groups is 1. The fourth-order valence-corrected chi connectivity index (χ4v) is 2.28. The van der Waals surface area contributed by atoms with Gasteiger partial charge in [-0.15, -0.1) is 0 Å². The van der Waals surface area contributed by atoms with E-state index in [0.717, 1.165) is 0 Å². The summed E-state index contributed by atoms with van der Waals surface area (Å²) in [7, 11) is 0. The summed E-state index contributed by atoms with van der Waals surface area (Å²) < 4.78 is 26.0. The Morgan fingerprint density at radius 2 is 2.00 bits per heavy atom. The molecule has 0 heterocycles. The third kappa shape index (κ3) is 4.19. The van der Waals surface area contributed by atoms with Crippen molar-refractivity contribution >= 4 is 5.91 Å². The molecule has 0 aromatic heterocycles. The van der Waals surface area contributed by atoms with Gasteiger partial charge in [0.15, 0.2) is 0 Å². The van der Waals surface area contributed by atoms with Gasteiger partial charge in [0.05, 0.1) is 0 Å². The molecule has 0 aromatic carbocycles. The molecule has 2 N–H and O–H groups in total. The Hall–Kier alpha value is -0.710. The van der Waals surface area contributed by atoms with Crippen LogP contribution in [0.1, 0.15) is 52.4 Å². The SMILES string of the molecule is CCC(C)(CCO)NC(=O)C1CCC(F)(F)CC1. The second kappa shape index (κ2) is 5.95. The van der Waals surface area contributed by atoms with Crippen molar-refractivity contribution < 1.29 is 18.7 Å². The molecule has 18 heavy (non-hydrogen) atoms. The quantitative estimate of drug-likeness (QED) is 0.800. The standard InChI is InChI=1S/C13H23F2NO2/c1-3-12(2,8-9-17)16-11(18)10-4-6-13(14,15)7-5-10/h10,17H,3-9H2,1-2H3,(H,16,18). The van der Waals surface area contributed by atoms with Crippen molar-refractivity contribution in [1.82, 2.24) is 5.32 Å². The minimum Gasteiger partial charge on any atom is -0.396 e. The lowest BCUT2D eigenvalue weighted by Gasteiger charge is -2.33. The highest BCUT2D eigenvalue weighted by atomic mass is 19.3. The van der Waals surface area contributed by atoms with Crippen molar-refractivity contribution in [3.63, 3.8) is 0 Å². The van der Waals surface area contributed by atoms with E-state index in [2.05, 4.69) is 5.32 Å². The van der Waals surface area contributed by atoms with E-state index >= 15 is 0 Å². The Morgan fingerprint density at radius 1 is 1.44 bits per heavy atom. The van der Waals surface area contributed by atoms with Crippen LogP contribution in [-0.4, -0.2) is 29.1 Å². The Kier molecular flexibility index (Phi) is 5.08. The molecule has 0 aliphatic heterocycles. The van der Waals surface area contributed by atoms with Gasteiger partial charge in [-0.25, -0.2) is 8.78 Å². The zero-order chi connectivity index (χ0) is 13.8. The first kappa shape index (κ1) is 15.3. The molecule has 1 atom stereocenters. The van der Waals surface area contributed by atoms with E-state index in [-0.39, 0.29) is 44.1 Å². The third-order valence-corrected chi connectivity index (χ3v) is 3.96. The van der Waals surface area contributed by atoms with E-state index in [1.165, 1.54) is 0 Å². The number of aliphatic hydroxyl groups excluding tert-OH is 1. The minimum atomic E-state index is -2.60. The lowest BCUT2D eigenvalue weighted by Crippen LogP contribution is -2.49. The maximum absolute atomic E-state index is 13.0. The Morgan fingerprint density at radius 3 is 2.44 bits per heavy atom. The Bertz CT molecular complexity index is 287. The smallest absolute Gasteiger partial charge is 0.248 e. The van der Waals surface area contributed by atoms with Gasteiger partial charge in [-0.05, 0) is 32.6 Å². The third-order valence-electron chi connectivity index (χ3n) is 3.96. The number of alkyl halides is 2. The van der Waals surface area contributed by atoms with Crippen LogP contribution in [-0.2, 0) is 4.79 Å². The molecule has 1 aliphatic carbocycles. The molecule has 0 aromatic rings. The van der Waals surface area contributed by atoms with Gasteiger partial charge in [0.2, 0.25) is 11.8 Å². The summed E-state index contributed by atoms with van der Waals surface area (Å²) >= 11 is 0. The first-order valence-electron chi connectivity index (χ1n) is 6.62. The first-order chi connectivity index (χ1) is 8.32. The van der Waals surface area contributed by atoms with Crippen LogP contribution in [0.15, 0.2) is 0 Å². The van der Waals surface area contributed by atoms with Crippen LogP contribution < -0.4 is 5.32 Å². The highest BCUT2D eigenvalue weighted by Crippen LogP contribution is 2.36. The van der Waals surface area contributed by atoms with Crippen molar-refractivity contribution in [3.8, 4) is 0 Å². The molecule has 0 spiro atoms. The van der Waals surface area contributed by atoms with Crippen molar-refractivity contribution in [2.75, 3.05) is 6.61 Å². The van der Waals surface area contributed by atoms with Crippen LogP contribution in [0.3, 0.4) is 0 Å². The maximum Gasteiger partial charge on any atom is 0.248 e. The number of hydrogen-bond donors (Lipinski definition) is 2. The number of nitrogens with one attached hydrogen (secondary N) is 1. The summed E-state index contributed by atoms with van der Waals surface area (Å²) in [5.74, 6) is -3.06. The molecule has 1 unspecified atom stereocenters. The monoisotopic (exact) mass is 263 g/mol. The first-order valence-corrected chi connectivity index (χ1v) is 6.62. The molecule has 5 heteroatoms. The molecular formula is C13H23F2NO2. The number of aliphatic hydroxyl groups is 1. The molecule has 0 saturated heterocycles. The van der Waals surface area contributed by atoms with E-state index in [9.17, 15) is 13.6 Å². The van der Waals surface area contributed by atoms with E-state index in [4.69, 9.17) is 5.11 Å². The Labute approximate surface area is 107 Å². The molecule has 0 radical (unpaired) electrons. The van der Waals surface area contributed by atoms with Crippen molar-refractivity contribution in [1.29, 1.82) is 0 Å². The molecular weight excluding hydrogens is 240 g/mol. The highest BCUT2D eigenvalue weighted by molar-refractivity contribution is 5.79. The van der Waals surface area contributed by atoms with Crippen molar-refractivity contribution in [3.05, 3.63) is 0 Å². The second-order valence-electron chi connectivity index (χ2n) is 5.51. The second-order valence-corrected chi connectivity index (χ2v) is 5.51. The molecule has 1 rings (SSSR count). The maximum atomic E-state index is 13.0. The van der Waals surface area contributed by atoms with Gasteiger partial charge in [0.25, 0.3) is 0 Å². The largest absolute Gasteiger partial charge is 0.396 e. The lowest BCUT2D eigenvalue weighted by atomic mass is 9.85. The van der Waals surface area contributed by atoms with Crippen LogP contribution in [0, 0.1) is 5.92 Å². The van der Waals surface area contributed by atoms with E-state index in [1.807, 2.05) is 13.8 Å². The normalized spacial score (nSPS) is 23.4. The molecule has 1 aliphatic rings. The molecule has 3 nitrogen and oxygen atoms in total. The van der Waals surface area contributed by atoms with Crippen LogP contribution in [0.4, 0.5) is 8.78 Å². The van der Waals surface area contributed by atoms with E-state index in [0.29, 0.717) is 12.8 Å². The summed E-state index contributed by atoms with van der Waals surface area (Å²) in [6, 6.07) is 0. The minimum absolute atomic E-state index is 0.00730. The topological polar surface area (TPSA) is 49.3 Å². The number of halogens is 2. The van der Waals surface area contributed by atoms with Gasteiger partial charge in [-0.3, -0.25) is 4.79 Å². The zero-order valence-corrected chi connectivity index (χ0v) is 11.1. The molecule has 106 valence electrons. The van der Waals surface area contributed by atoms with Gasteiger partial charge >= 0.3 is 0 Å². The van der Waals surface area contributed by atoms with Gasteiger partial charge in [0, 0.05) is 30.9 Å². The number of hydrogen-bond acceptors (Lipinski definition) is 2. The van der Waals surface area contributed by atoms with Gasteiger partial charge in [-0.1, -0.05) is 6.92 Å². The fourth-order valence-electron chi connectivity index (χ4n) is 2.28. The van der Waals surface area contributed by atoms with Crippen LogP contribution in [0.2, 0.25) is 0 Å². The number of amides is 1. The summed E-state index contributed by atoms with van der Waals surface area (Å²) in [5.41, 5.74) is -0.439. The van der Waals surface area contributed by atoms with Gasteiger partial charge in [0.1, 0.15) is 0 Å². The van der Waals surface area contributed by atoms with Crippen LogP contribution in [0.25, 0.3) is 0 Å². The summed E-state index contributed by atoms with van der Waals surface area (Å²) in [5, 5.41) is 11.9. The number of carbonyl (C=O) groups excluding carboxylic acids is 1. The average Bonchev–Trinajstić information content (AvgIpc) is 2.29. The molecule has 0 bridgehead atoms. The molecule has 1 amide bonds. The average molecular weight is 263 g/mol. The summed E-state index contributed by atoms with van der Waals surface area (Å²) in [4.78, 5) is 12.0. The van der Waals surface area contributed by atoms with Gasteiger partial charge in [-0.2, -0.15) is 0 Å². The predicted octanol–water partition coefficient (Wildman–Crippen LogP) is 2.48. The molecule has 1 saturated carbocycles. The summed E-state index contributed by atoms with van der Waals surface area (Å²) in [6.07, 6.45) is 1.29. The molecule has 1 fully saturated rings. The fraction of sp³-hybridized carbons (Fsp3) is 0.923. The zero-order valence-electron chi connectivity index (χ0n) is 11.1. The predicted molar refractivity (Wildman–Crippen MR) is 65.4 cm³/mol. The van der Waals surface area contributed by atoms with Crippen LogP contribution >= 0.6 is 0 Å². The van der Waals surface area contributed by atoms with Crippen molar-refractivity contribution in [2.24, 2.45) is 5.92 Å². The van der Waals surface area contributed by atoms with E-state index in [1.54, 1.807) is 0 Å².